The maximum atomic E-state index is 12.3. The average Bonchev–Trinajstić information content (AvgIpc) is 3.07. The summed E-state index contributed by atoms with van der Waals surface area (Å²) < 4.78 is 0.871. The molecule has 1 aliphatic heterocycles. The molecule has 1 amide bonds. The van der Waals surface area contributed by atoms with E-state index in [1.807, 2.05) is 23.1 Å². The number of anilines is 1. The molecule has 0 radical (unpaired) electrons. The van der Waals surface area contributed by atoms with E-state index >= 15 is 0 Å². The topological polar surface area (TPSA) is 32.3 Å². The second-order valence-corrected chi connectivity index (χ2v) is 6.16. The van der Waals surface area contributed by atoms with Crippen LogP contribution in [0.5, 0.6) is 0 Å². The Morgan fingerprint density at radius 2 is 2.11 bits per heavy atom. The maximum Gasteiger partial charge on any atom is 0.244 e. The zero-order chi connectivity index (χ0) is 12.7. The first kappa shape index (κ1) is 12.5. The smallest absolute Gasteiger partial charge is 0.244 e. The van der Waals surface area contributed by atoms with Gasteiger partial charge in [0.05, 0.1) is 11.7 Å². The SMILES string of the molecule is O=C1C(NC2CC2)CCN1c1ccc(Cl)cc1Br. The third kappa shape index (κ3) is 2.42. The molecule has 3 rings (SSSR count). The quantitative estimate of drug-likeness (QED) is 0.924. The number of hydrogen-bond acceptors (Lipinski definition) is 2. The molecule has 1 aliphatic carbocycles. The molecule has 3 nitrogen and oxygen atoms in total. The first-order chi connectivity index (χ1) is 8.65. The van der Waals surface area contributed by atoms with Crippen molar-refractivity contribution in [1.82, 2.24) is 5.32 Å². The Hall–Kier alpha value is -0.580. The summed E-state index contributed by atoms with van der Waals surface area (Å²) in [5, 5.41) is 4.07. The van der Waals surface area contributed by atoms with Gasteiger partial charge in [-0.05, 0) is 53.4 Å². The Bertz CT molecular complexity index is 490. The van der Waals surface area contributed by atoms with Crippen molar-refractivity contribution < 1.29 is 4.79 Å². The molecule has 1 aromatic rings. The van der Waals surface area contributed by atoms with Crippen LogP contribution in [0.15, 0.2) is 22.7 Å². The molecule has 0 aromatic heterocycles. The monoisotopic (exact) mass is 328 g/mol. The third-order valence-corrected chi connectivity index (χ3v) is 4.29. The lowest BCUT2D eigenvalue weighted by Crippen LogP contribution is -2.39. The molecule has 1 N–H and O–H groups in total. The molecule has 1 unspecified atom stereocenters. The van der Waals surface area contributed by atoms with Gasteiger partial charge >= 0.3 is 0 Å². The first-order valence-corrected chi connectivity index (χ1v) is 7.35. The summed E-state index contributed by atoms with van der Waals surface area (Å²) >= 11 is 9.39. The van der Waals surface area contributed by atoms with Gasteiger partial charge in [0.1, 0.15) is 0 Å². The number of carbonyl (C=O) groups is 1. The van der Waals surface area contributed by atoms with Crippen molar-refractivity contribution in [3.8, 4) is 0 Å². The predicted octanol–water partition coefficient (Wildman–Crippen LogP) is 2.96. The Labute approximate surface area is 120 Å². The van der Waals surface area contributed by atoms with Gasteiger partial charge in [0.15, 0.2) is 0 Å². The van der Waals surface area contributed by atoms with Gasteiger partial charge in [-0.3, -0.25) is 4.79 Å². The van der Waals surface area contributed by atoms with Crippen LogP contribution in [0.4, 0.5) is 5.69 Å². The van der Waals surface area contributed by atoms with E-state index in [0.29, 0.717) is 11.1 Å². The molecule has 2 fully saturated rings. The maximum absolute atomic E-state index is 12.3. The van der Waals surface area contributed by atoms with Crippen LogP contribution in [0.3, 0.4) is 0 Å². The number of nitrogens with zero attached hydrogens (tertiary/aromatic N) is 1. The first-order valence-electron chi connectivity index (χ1n) is 6.17. The summed E-state index contributed by atoms with van der Waals surface area (Å²) in [7, 11) is 0. The Balaban J connectivity index is 1.78. The molecular formula is C13H14BrClN2O. The number of halogens is 2. The van der Waals surface area contributed by atoms with Crippen LogP contribution >= 0.6 is 27.5 Å². The molecular weight excluding hydrogens is 316 g/mol. The van der Waals surface area contributed by atoms with Gasteiger partial charge in [-0.25, -0.2) is 0 Å². The van der Waals surface area contributed by atoms with Crippen LogP contribution in [0.2, 0.25) is 5.02 Å². The second kappa shape index (κ2) is 4.83. The van der Waals surface area contributed by atoms with Gasteiger partial charge in [0, 0.05) is 22.1 Å². The van der Waals surface area contributed by atoms with Crippen molar-refractivity contribution in [3.05, 3.63) is 27.7 Å². The van der Waals surface area contributed by atoms with E-state index in [1.54, 1.807) is 0 Å². The van der Waals surface area contributed by atoms with Crippen LogP contribution in [0, 0.1) is 0 Å². The van der Waals surface area contributed by atoms with Gasteiger partial charge in [0.2, 0.25) is 5.91 Å². The van der Waals surface area contributed by atoms with Crippen molar-refractivity contribution in [1.29, 1.82) is 0 Å². The molecule has 1 aromatic carbocycles. The molecule has 5 heteroatoms. The van der Waals surface area contributed by atoms with Crippen molar-refractivity contribution in [2.45, 2.75) is 31.3 Å². The van der Waals surface area contributed by atoms with E-state index in [1.165, 1.54) is 12.8 Å². The van der Waals surface area contributed by atoms with Crippen molar-refractivity contribution in [2.75, 3.05) is 11.4 Å². The highest BCUT2D eigenvalue weighted by Crippen LogP contribution is 2.32. The van der Waals surface area contributed by atoms with Crippen molar-refractivity contribution in [2.24, 2.45) is 0 Å². The fraction of sp³-hybridized carbons (Fsp3) is 0.462. The van der Waals surface area contributed by atoms with E-state index in [9.17, 15) is 4.79 Å². The molecule has 0 spiro atoms. The molecule has 1 heterocycles. The lowest BCUT2D eigenvalue weighted by atomic mass is 10.2. The zero-order valence-electron chi connectivity index (χ0n) is 9.83. The summed E-state index contributed by atoms with van der Waals surface area (Å²) in [4.78, 5) is 14.1. The van der Waals surface area contributed by atoms with Crippen LogP contribution in [-0.4, -0.2) is 24.5 Å². The second-order valence-electron chi connectivity index (χ2n) is 4.87. The molecule has 0 bridgehead atoms. The van der Waals surface area contributed by atoms with Crippen LogP contribution in [0.1, 0.15) is 19.3 Å². The van der Waals surface area contributed by atoms with Crippen molar-refractivity contribution >= 4 is 39.1 Å². The minimum absolute atomic E-state index is 0.0138. The van der Waals surface area contributed by atoms with Crippen molar-refractivity contribution in [3.63, 3.8) is 0 Å². The molecule has 96 valence electrons. The number of nitrogens with one attached hydrogen (secondary N) is 1. The summed E-state index contributed by atoms with van der Waals surface area (Å²) in [5.74, 6) is 0.171. The Morgan fingerprint density at radius 1 is 1.33 bits per heavy atom. The minimum atomic E-state index is -0.0138. The average molecular weight is 330 g/mol. The third-order valence-electron chi connectivity index (χ3n) is 3.42. The summed E-state index contributed by atoms with van der Waals surface area (Å²) in [6.45, 7) is 0.767. The normalized spacial score (nSPS) is 23.8. The molecule has 18 heavy (non-hydrogen) atoms. The number of rotatable bonds is 3. The molecule has 1 atom stereocenters. The fourth-order valence-corrected chi connectivity index (χ4v) is 3.21. The van der Waals surface area contributed by atoms with Crippen LogP contribution in [-0.2, 0) is 4.79 Å². The minimum Gasteiger partial charge on any atom is -0.310 e. The van der Waals surface area contributed by atoms with Gasteiger partial charge < -0.3 is 10.2 Å². The largest absolute Gasteiger partial charge is 0.310 e. The van der Waals surface area contributed by atoms with Crippen LogP contribution < -0.4 is 10.2 Å². The van der Waals surface area contributed by atoms with E-state index in [-0.39, 0.29) is 11.9 Å². The highest BCUT2D eigenvalue weighted by atomic mass is 79.9. The number of amides is 1. The zero-order valence-corrected chi connectivity index (χ0v) is 12.2. The van der Waals surface area contributed by atoms with Crippen LogP contribution in [0.25, 0.3) is 0 Å². The fourth-order valence-electron chi connectivity index (χ4n) is 2.31. The number of carbonyl (C=O) groups excluding carboxylic acids is 1. The van der Waals surface area contributed by atoms with Gasteiger partial charge in [-0.15, -0.1) is 0 Å². The number of hydrogen-bond donors (Lipinski definition) is 1. The standard InChI is InChI=1S/C13H14BrClN2O/c14-10-7-8(15)1-4-12(10)17-6-5-11(13(17)18)16-9-2-3-9/h1,4,7,9,11,16H,2-3,5-6H2. The predicted molar refractivity (Wildman–Crippen MR) is 76.1 cm³/mol. The molecule has 1 saturated carbocycles. The highest BCUT2D eigenvalue weighted by Gasteiger charge is 2.36. The summed E-state index contributed by atoms with van der Waals surface area (Å²) in [5.41, 5.74) is 0.907. The van der Waals surface area contributed by atoms with Gasteiger partial charge in [-0.2, -0.15) is 0 Å². The van der Waals surface area contributed by atoms with E-state index < -0.39 is 0 Å². The van der Waals surface area contributed by atoms with Gasteiger partial charge in [-0.1, -0.05) is 11.6 Å². The summed E-state index contributed by atoms with van der Waals surface area (Å²) in [6, 6.07) is 6.08. The Morgan fingerprint density at radius 3 is 2.78 bits per heavy atom. The highest BCUT2D eigenvalue weighted by molar-refractivity contribution is 9.10. The van der Waals surface area contributed by atoms with E-state index in [2.05, 4.69) is 21.2 Å². The van der Waals surface area contributed by atoms with Gasteiger partial charge in [0.25, 0.3) is 0 Å². The lowest BCUT2D eigenvalue weighted by molar-refractivity contribution is -0.118. The van der Waals surface area contributed by atoms with E-state index in [0.717, 1.165) is 23.1 Å². The van der Waals surface area contributed by atoms with E-state index in [4.69, 9.17) is 11.6 Å². The lowest BCUT2D eigenvalue weighted by Gasteiger charge is -2.19. The molecule has 2 aliphatic rings. The Kier molecular flexibility index (Phi) is 3.34. The number of benzene rings is 1. The summed E-state index contributed by atoms with van der Waals surface area (Å²) in [6.07, 6.45) is 3.28. The molecule has 1 saturated heterocycles.